The van der Waals surface area contributed by atoms with E-state index in [1.807, 2.05) is 24.3 Å². The van der Waals surface area contributed by atoms with Gasteiger partial charge in [-0.2, -0.15) is 0 Å². The molecule has 0 radical (unpaired) electrons. The third-order valence-electron chi connectivity index (χ3n) is 5.02. The first-order chi connectivity index (χ1) is 14.0. The number of piperidine rings is 1. The highest BCUT2D eigenvalue weighted by Gasteiger charge is 2.31. The molecule has 1 saturated heterocycles. The number of carboxylic acids is 1. The summed E-state index contributed by atoms with van der Waals surface area (Å²) in [5.74, 6) is -1.03. The van der Waals surface area contributed by atoms with Crippen molar-refractivity contribution in [1.82, 2.24) is 15.0 Å². The molecule has 148 valence electrons. The number of aliphatic carboxylic acids is 1. The molecular weight excluding hydrogens is 376 g/mol. The second-order valence-electron chi connectivity index (χ2n) is 6.76. The number of para-hydroxylation sites is 1. The van der Waals surface area contributed by atoms with Crippen LogP contribution < -0.4 is 10.2 Å². The maximum atomic E-state index is 11.9. The highest BCUT2D eigenvalue weighted by molar-refractivity contribution is 5.92. The number of aromatic nitrogens is 3. The minimum atomic E-state index is -0.840. The summed E-state index contributed by atoms with van der Waals surface area (Å²) in [5.41, 5.74) is 1.03. The Morgan fingerprint density at radius 2 is 1.93 bits per heavy atom. The van der Waals surface area contributed by atoms with Gasteiger partial charge in [-0.25, -0.2) is 9.97 Å². The number of nitro groups is 1. The minimum Gasteiger partial charge on any atom is -0.481 e. The molecule has 10 nitrogen and oxygen atoms in total. The fourth-order valence-corrected chi connectivity index (χ4v) is 3.53. The molecular formula is C19H18N6O4. The molecule has 1 aliphatic heterocycles. The predicted molar refractivity (Wildman–Crippen MR) is 106 cm³/mol. The van der Waals surface area contributed by atoms with E-state index in [1.54, 1.807) is 17.2 Å². The van der Waals surface area contributed by atoms with Crippen molar-refractivity contribution in [3.8, 4) is 0 Å². The number of hydrogen-bond donors (Lipinski definition) is 2. The fraction of sp³-hybridized carbons (Fsp3) is 0.263. The summed E-state index contributed by atoms with van der Waals surface area (Å²) in [5, 5.41) is 24.9. The summed E-state index contributed by atoms with van der Waals surface area (Å²) >= 11 is 0. The smallest absolute Gasteiger partial charge is 0.353 e. The van der Waals surface area contributed by atoms with Gasteiger partial charge in [-0.1, -0.05) is 18.2 Å². The lowest BCUT2D eigenvalue weighted by Gasteiger charge is -2.30. The molecule has 0 bridgehead atoms. The number of pyridine rings is 1. The SMILES string of the molecule is O=C(O)C1CCN(c2ncnc(Nc3cccc4cccnc34)c2[N+](=O)[O-])CC1. The van der Waals surface area contributed by atoms with Gasteiger partial charge >= 0.3 is 11.7 Å². The summed E-state index contributed by atoms with van der Waals surface area (Å²) in [4.78, 5) is 36.8. The molecule has 1 fully saturated rings. The summed E-state index contributed by atoms with van der Waals surface area (Å²) in [7, 11) is 0. The lowest BCUT2D eigenvalue weighted by atomic mass is 9.97. The number of hydrogen-bond acceptors (Lipinski definition) is 8. The molecule has 0 atom stereocenters. The van der Waals surface area contributed by atoms with E-state index in [1.165, 1.54) is 6.33 Å². The van der Waals surface area contributed by atoms with Gasteiger partial charge in [0.1, 0.15) is 6.33 Å². The van der Waals surface area contributed by atoms with Crippen LogP contribution in [-0.4, -0.2) is 44.0 Å². The van der Waals surface area contributed by atoms with Gasteiger partial charge < -0.3 is 15.3 Å². The Balaban J connectivity index is 1.69. The van der Waals surface area contributed by atoms with Crippen LogP contribution in [0.25, 0.3) is 10.9 Å². The molecule has 29 heavy (non-hydrogen) atoms. The summed E-state index contributed by atoms with van der Waals surface area (Å²) < 4.78 is 0. The van der Waals surface area contributed by atoms with Crippen LogP contribution in [0, 0.1) is 16.0 Å². The van der Waals surface area contributed by atoms with E-state index in [0.29, 0.717) is 37.1 Å². The number of benzene rings is 1. The fourth-order valence-electron chi connectivity index (χ4n) is 3.53. The Bertz CT molecular complexity index is 1080. The summed E-state index contributed by atoms with van der Waals surface area (Å²) in [6, 6.07) is 9.23. The zero-order chi connectivity index (χ0) is 20.4. The molecule has 0 aliphatic carbocycles. The maximum Gasteiger partial charge on any atom is 0.353 e. The number of fused-ring (bicyclic) bond motifs is 1. The molecule has 1 aromatic carbocycles. The maximum absolute atomic E-state index is 11.9. The third-order valence-corrected chi connectivity index (χ3v) is 5.02. The van der Waals surface area contributed by atoms with Crippen LogP contribution in [0.5, 0.6) is 0 Å². The molecule has 0 spiro atoms. The standard InChI is InChI=1S/C19H18N6O4/c26-19(27)13-6-9-24(10-7-13)18-16(25(28)29)17(21-11-22-18)23-14-5-1-3-12-4-2-8-20-15(12)14/h1-5,8,11,13H,6-7,9-10H2,(H,26,27)(H,21,22,23). The molecule has 4 rings (SSSR count). The zero-order valence-electron chi connectivity index (χ0n) is 15.4. The molecule has 2 N–H and O–H groups in total. The first-order valence-electron chi connectivity index (χ1n) is 9.12. The molecule has 0 unspecified atom stereocenters. The number of nitrogens with zero attached hydrogens (tertiary/aromatic N) is 5. The van der Waals surface area contributed by atoms with E-state index in [2.05, 4.69) is 20.3 Å². The van der Waals surface area contributed by atoms with Crippen LogP contribution in [0.3, 0.4) is 0 Å². The van der Waals surface area contributed by atoms with Crippen molar-refractivity contribution in [1.29, 1.82) is 0 Å². The van der Waals surface area contributed by atoms with Gasteiger partial charge in [-0.05, 0) is 25.0 Å². The van der Waals surface area contributed by atoms with Gasteiger partial charge in [0.25, 0.3) is 0 Å². The zero-order valence-corrected chi connectivity index (χ0v) is 15.4. The average molecular weight is 394 g/mol. The van der Waals surface area contributed by atoms with E-state index in [4.69, 9.17) is 5.11 Å². The third kappa shape index (κ3) is 3.64. The monoisotopic (exact) mass is 394 g/mol. The van der Waals surface area contributed by atoms with Crippen LogP contribution in [0.1, 0.15) is 12.8 Å². The lowest BCUT2D eigenvalue weighted by molar-refractivity contribution is -0.383. The Hall–Kier alpha value is -3.82. The van der Waals surface area contributed by atoms with Gasteiger partial charge in [0.05, 0.1) is 22.0 Å². The molecule has 10 heteroatoms. The van der Waals surface area contributed by atoms with Crippen molar-refractivity contribution >= 4 is 39.9 Å². The number of carbonyl (C=O) groups is 1. The van der Waals surface area contributed by atoms with Crippen LogP contribution in [0.15, 0.2) is 42.9 Å². The molecule has 0 saturated carbocycles. The Kier molecular flexibility index (Phi) is 4.90. The van der Waals surface area contributed by atoms with Crippen molar-refractivity contribution in [3.63, 3.8) is 0 Å². The van der Waals surface area contributed by atoms with Crippen molar-refractivity contribution in [2.24, 2.45) is 5.92 Å². The van der Waals surface area contributed by atoms with Crippen LogP contribution in [0.2, 0.25) is 0 Å². The first kappa shape index (κ1) is 18.5. The molecule has 3 heterocycles. The quantitative estimate of drug-likeness (QED) is 0.494. The molecule has 0 amide bonds. The predicted octanol–water partition coefficient (Wildman–Crippen LogP) is 2.98. The van der Waals surface area contributed by atoms with E-state index in [9.17, 15) is 14.9 Å². The highest BCUT2D eigenvalue weighted by atomic mass is 16.6. The molecule has 3 aromatic rings. The van der Waals surface area contributed by atoms with Crippen LogP contribution >= 0.6 is 0 Å². The van der Waals surface area contributed by atoms with E-state index in [0.717, 1.165) is 5.39 Å². The second-order valence-corrected chi connectivity index (χ2v) is 6.76. The summed E-state index contributed by atoms with van der Waals surface area (Å²) in [6.45, 7) is 0.758. The van der Waals surface area contributed by atoms with Gasteiger partial charge in [-0.15, -0.1) is 0 Å². The van der Waals surface area contributed by atoms with Crippen molar-refractivity contribution in [2.45, 2.75) is 12.8 Å². The highest BCUT2D eigenvalue weighted by Crippen LogP contribution is 2.36. The second kappa shape index (κ2) is 7.66. The number of anilines is 3. The Morgan fingerprint density at radius 1 is 1.17 bits per heavy atom. The van der Waals surface area contributed by atoms with Crippen molar-refractivity contribution < 1.29 is 14.8 Å². The van der Waals surface area contributed by atoms with Gasteiger partial charge in [0.2, 0.25) is 11.6 Å². The Labute approximate surface area is 165 Å². The number of nitrogens with one attached hydrogen (secondary N) is 1. The van der Waals surface area contributed by atoms with E-state index < -0.39 is 16.8 Å². The van der Waals surface area contributed by atoms with Gasteiger partial charge in [0.15, 0.2) is 0 Å². The van der Waals surface area contributed by atoms with E-state index >= 15 is 0 Å². The normalized spacial score (nSPS) is 14.7. The minimum absolute atomic E-state index is 0.0681. The van der Waals surface area contributed by atoms with Crippen molar-refractivity contribution in [2.75, 3.05) is 23.3 Å². The number of rotatable bonds is 5. The topological polar surface area (TPSA) is 134 Å². The van der Waals surface area contributed by atoms with Crippen molar-refractivity contribution in [3.05, 3.63) is 53.0 Å². The number of carboxylic acid groups (broad SMARTS) is 1. The first-order valence-corrected chi connectivity index (χ1v) is 9.12. The largest absolute Gasteiger partial charge is 0.481 e. The molecule has 1 aliphatic rings. The Morgan fingerprint density at radius 3 is 2.66 bits per heavy atom. The lowest BCUT2D eigenvalue weighted by Crippen LogP contribution is -2.37. The van der Waals surface area contributed by atoms with Crippen LogP contribution in [0.4, 0.5) is 23.0 Å². The van der Waals surface area contributed by atoms with Gasteiger partial charge in [0, 0.05) is 24.7 Å². The average Bonchev–Trinajstić information content (AvgIpc) is 2.74. The summed E-state index contributed by atoms with van der Waals surface area (Å²) in [6.07, 6.45) is 3.74. The molecule has 2 aromatic heterocycles. The van der Waals surface area contributed by atoms with Crippen LogP contribution in [-0.2, 0) is 4.79 Å². The van der Waals surface area contributed by atoms with Gasteiger partial charge in [-0.3, -0.25) is 19.9 Å². The van der Waals surface area contributed by atoms with E-state index in [-0.39, 0.29) is 17.3 Å².